The molecule has 0 fully saturated rings. The molecule has 0 radical (unpaired) electrons. The number of esters is 1. The highest BCUT2D eigenvalue weighted by Gasteiger charge is 2.46. The molecule has 2 atom stereocenters. The van der Waals surface area contributed by atoms with E-state index in [-0.39, 0.29) is 36.3 Å². The zero-order valence-electron chi connectivity index (χ0n) is 19.2. The molecular formula is C25H23N3O7. The largest absolute Gasteiger partial charge is 0.496 e. The molecule has 2 aliphatic heterocycles. The summed E-state index contributed by atoms with van der Waals surface area (Å²) in [4.78, 5) is 42.9. The van der Waals surface area contributed by atoms with Crippen molar-refractivity contribution in [1.29, 1.82) is 0 Å². The van der Waals surface area contributed by atoms with E-state index in [1.165, 1.54) is 0 Å². The number of amides is 1. The Balaban J connectivity index is 1.63. The second-order valence-electron chi connectivity index (χ2n) is 9.08. The van der Waals surface area contributed by atoms with E-state index in [1.54, 1.807) is 24.7 Å². The van der Waals surface area contributed by atoms with Crippen LogP contribution in [0.1, 0.15) is 47.2 Å². The van der Waals surface area contributed by atoms with Crippen molar-refractivity contribution in [2.45, 2.75) is 44.6 Å². The van der Waals surface area contributed by atoms with Gasteiger partial charge in [0.25, 0.3) is 5.56 Å². The number of rotatable bonds is 4. The van der Waals surface area contributed by atoms with Crippen molar-refractivity contribution in [1.82, 2.24) is 14.9 Å². The van der Waals surface area contributed by atoms with Gasteiger partial charge in [-0.2, -0.15) is 0 Å². The number of hydrogen-bond donors (Lipinski definition) is 3. The maximum atomic E-state index is 13.5. The second kappa shape index (κ2) is 7.37. The Kier molecular flexibility index (Phi) is 4.58. The lowest BCUT2D eigenvalue weighted by atomic mass is 9.86. The lowest BCUT2D eigenvalue weighted by Gasteiger charge is -2.31. The number of nitrogens with one attached hydrogen (secondary N) is 1. The molecule has 1 aliphatic carbocycles. The van der Waals surface area contributed by atoms with Gasteiger partial charge in [0.05, 0.1) is 42.2 Å². The summed E-state index contributed by atoms with van der Waals surface area (Å²) in [5, 5.41) is 24.2. The minimum atomic E-state index is -1.91. The summed E-state index contributed by atoms with van der Waals surface area (Å²) >= 11 is 0. The summed E-state index contributed by atoms with van der Waals surface area (Å²) < 4.78 is 12.3. The zero-order chi connectivity index (χ0) is 24.6. The lowest BCUT2D eigenvalue weighted by Crippen LogP contribution is -2.44. The highest BCUT2D eigenvalue weighted by atomic mass is 16.6. The molecular weight excluding hydrogens is 454 g/mol. The Morgan fingerprint density at radius 2 is 2.11 bits per heavy atom. The number of carbonyl (C=O) groups excluding carboxylic acids is 2. The molecule has 1 amide bonds. The summed E-state index contributed by atoms with van der Waals surface area (Å²) in [5.74, 6) is -0.607. The first-order valence-electron chi connectivity index (χ1n) is 11.4. The van der Waals surface area contributed by atoms with E-state index in [0.29, 0.717) is 29.1 Å². The number of benzene rings is 1. The van der Waals surface area contributed by atoms with Crippen LogP contribution >= 0.6 is 0 Å². The van der Waals surface area contributed by atoms with Crippen molar-refractivity contribution in [2.75, 3.05) is 13.7 Å². The smallest absolute Gasteiger partial charge is 0.343 e. The number of aliphatic hydroxyl groups is 2. The van der Waals surface area contributed by atoms with E-state index < -0.39 is 30.1 Å². The Hall–Kier alpha value is -3.76. The van der Waals surface area contributed by atoms with Gasteiger partial charge in [0.1, 0.15) is 19.0 Å². The number of carbonyl (C=O) groups is 2. The van der Waals surface area contributed by atoms with Crippen LogP contribution in [0.4, 0.5) is 0 Å². The van der Waals surface area contributed by atoms with Crippen LogP contribution < -0.4 is 15.6 Å². The average molecular weight is 477 g/mol. The molecule has 2 aromatic heterocycles. The van der Waals surface area contributed by atoms with Crippen LogP contribution in [-0.2, 0) is 39.5 Å². The molecule has 3 aromatic rings. The molecule has 3 aliphatic rings. The van der Waals surface area contributed by atoms with Gasteiger partial charge in [0.15, 0.2) is 5.60 Å². The fourth-order valence-corrected chi connectivity index (χ4v) is 5.71. The van der Waals surface area contributed by atoms with Crippen molar-refractivity contribution in [3.63, 3.8) is 0 Å². The molecule has 35 heavy (non-hydrogen) atoms. The van der Waals surface area contributed by atoms with Crippen molar-refractivity contribution >= 4 is 22.8 Å². The highest BCUT2D eigenvalue weighted by Crippen LogP contribution is 2.47. The predicted molar refractivity (Wildman–Crippen MR) is 123 cm³/mol. The topological polar surface area (TPSA) is 140 Å². The van der Waals surface area contributed by atoms with Gasteiger partial charge < -0.3 is 29.6 Å². The summed E-state index contributed by atoms with van der Waals surface area (Å²) in [6, 6.07) is 4.88. The average Bonchev–Trinajstić information content (AvgIpc) is 3.42. The lowest BCUT2D eigenvalue weighted by molar-refractivity contribution is -0.172. The SMILES string of the molecule is CC[C@@]1(O)C(=O)OCc2c1cc1n(c2=O)Cc2c-1nc1ccc(OC)c3c1c2C(NC(=O)CO)C3. The first kappa shape index (κ1) is 21.8. The molecule has 10 heteroatoms. The third kappa shape index (κ3) is 2.77. The van der Waals surface area contributed by atoms with E-state index in [9.17, 15) is 24.6 Å². The van der Waals surface area contributed by atoms with Gasteiger partial charge in [-0.05, 0) is 30.2 Å². The summed E-state index contributed by atoms with van der Waals surface area (Å²) in [6.45, 7) is 1.03. The van der Waals surface area contributed by atoms with Crippen molar-refractivity contribution < 1.29 is 29.3 Å². The Bertz CT molecular complexity index is 1530. The van der Waals surface area contributed by atoms with Crippen molar-refractivity contribution in [3.8, 4) is 17.1 Å². The fraction of sp³-hybridized carbons (Fsp3) is 0.360. The van der Waals surface area contributed by atoms with Crippen LogP contribution in [0.3, 0.4) is 0 Å². The quantitative estimate of drug-likeness (QED) is 0.367. The highest BCUT2D eigenvalue weighted by molar-refractivity contribution is 5.95. The molecule has 6 rings (SSSR count). The minimum Gasteiger partial charge on any atom is -0.496 e. The van der Waals surface area contributed by atoms with Crippen LogP contribution in [-0.4, -0.2) is 45.4 Å². The summed E-state index contributed by atoms with van der Waals surface area (Å²) in [5.41, 5.74) is 2.50. The van der Waals surface area contributed by atoms with Crippen molar-refractivity contribution in [2.24, 2.45) is 0 Å². The van der Waals surface area contributed by atoms with E-state index in [2.05, 4.69) is 5.32 Å². The standard InChI is InChI=1S/C25H23N3O7/c1-3-25(33)14-7-17-22-12(8-28(17)23(31)13(14)10-35-24(25)32)21-16(26-19(30)9-29)6-11-18(34-2)5-4-15(27-22)20(11)21/h4-5,7,16,29,33H,3,6,8-10H2,1-2H3,(H,26,30)/t16?,25-/m0/s1. The number of aliphatic hydroxyl groups excluding tert-OH is 1. The summed E-state index contributed by atoms with van der Waals surface area (Å²) in [6.07, 6.45) is 0.517. The maximum absolute atomic E-state index is 13.5. The molecule has 1 unspecified atom stereocenters. The van der Waals surface area contributed by atoms with E-state index in [0.717, 1.165) is 22.1 Å². The van der Waals surface area contributed by atoms with Gasteiger partial charge in [0.2, 0.25) is 5.91 Å². The number of ether oxygens (including phenoxy) is 2. The Morgan fingerprint density at radius 3 is 2.83 bits per heavy atom. The first-order valence-corrected chi connectivity index (χ1v) is 11.4. The van der Waals surface area contributed by atoms with Crippen LogP contribution in [0.25, 0.3) is 22.3 Å². The van der Waals surface area contributed by atoms with Crippen LogP contribution in [0.2, 0.25) is 0 Å². The summed E-state index contributed by atoms with van der Waals surface area (Å²) in [7, 11) is 1.58. The van der Waals surface area contributed by atoms with Gasteiger partial charge in [-0.1, -0.05) is 6.92 Å². The second-order valence-corrected chi connectivity index (χ2v) is 9.08. The van der Waals surface area contributed by atoms with Gasteiger partial charge >= 0.3 is 5.97 Å². The van der Waals surface area contributed by atoms with Gasteiger partial charge in [0, 0.05) is 28.5 Å². The van der Waals surface area contributed by atoms with Crippen LogP contribution in [0.5, 0.6) is 5.75 Å². The molecule has 180 valence electrons. The number of methoxy groups -OCH3 is 1. The Morgan fingerprint density at radius 1 is 1.31 bits per heavy atom. The van der Waals surface area contributed by atoms with Crippen LogP contribution in [0, 0.1) is 0 Å². The van der Waals surface area contributed by atoms with Crippen LogP contribution in [0.15, 0.2) is 23.0 Å². The first-order chi connectivity index (χ1) is 16.8. The van der Waals surface area contributed by atoms with Gasteiger partial charge in [-0.15, -0.1) is 0 Å². The number of nitrogens with zero attached hydrogens (tertiary/aromatic N) is 2. The number of fused-ring (bicyclic) bond motifs is 5. The number of cyclic esters (lactones) is 1. The third-order valence-electron chi connectivity index (χ3n) is 7.42. The number of pyridine rings is 2. The molecule has 0 saturated heterocycles. The van der Waals surface area contributed by atoms with Gasteiger partial charge in [-0.25, -0.2) is 9.78 Å². The Labute approximate surface area is 199 Å². The number of aromatic nitrogens is 2. The van der Waals surface area contributed by atoms with Crippen molar-refractivity contribution in [3.05, 3.63) is 56.4 Å². The molecule has 10 nitrogen and oxygen atoms in total. The van der Waals surface area contributed by atoms with Gasteiger partial charge in [-0.3, -0.25) is 9.59 Å². The molecule has 0 spiro atoms. The predicted octanol–water partition coefficient (Wildman–Crippen LogP) is 0.794. The molecule has 0 bridgehead atoms. The molecule has 4 heterocycles. The minimum absolute atomic E-state index is 0.0589. The maximum Gasteiger partial charge on any atom is 0.343 e. The van der Waals surface area contributed by atoms with E-state index in [4.69, 9.17) is 14.5 Å². The molecule has 1 aromatic carbocycles. The van der Waals surface area contributed by atoms with E-state index in [1.807, 2.05) is 12.1 Å². The zero-order valence-corrected chi connectivity index (χ0v) is 19.2. The monoisotopic (exact) mass is 477 g/mol. The third-order valence-corrected chi connectivity index (χ3v) is 7.42. The normalized spacial score (nSPS) is 21.4. The van der Waals surface area contributed by atoms with E-state index >= 15 is 0 Å². The number of hydrogen-bond acceptors (Lipinski definition) is 8. The molecule has 3 N–H and O–H groups in total. The fourth-order valence-electron chi connectivity index (χ4n) is 5.71. The molecule has 0 saturated carbocycles.